The number of aliphatic hydroxyl groups excluding tert-OH is 1. The van der Waals surface area contributed by atoms with Crippen LogP contribution in [0.3, 0.4) is 0 Å². The Morgan fingerprint density at radius 1 is 0.667 bits per heavy atom. The number of rotatable bonds is 23. The average molecular weight is 449 g/mol. The van der Waals surface area contributed by atoms with E-state index in [2.05, 4.69) is 6.92 Å². The standard InChI is InChI=1S/C23H44O6S/c1-2-3-4-5-6-7-8-9-10-11-12-16-28-22(25)13-20-30-21-14-23(26)29-19-18-27-17-15-24/h24H,2-21H2,1H3. The molecule has 0 amide bonds. The fourth-order valence-corrected chi connectivity index (χ4v) is 3.72. The molecule has 7 heteroatoms. The number of ether oxygens (including phenoxy) is 3. The number of hydrogen-bond donors (Lipinski definition) is 1. The van der Waals surface area contributed by atoms with E-state index in [9.17, 15) is 9.59 Å². The highest BCUT2D eigenvalue weighted by Crippen LogP contribution is 2.11. The lowest BCUT2D eigenvalue weighted by molar-refractivity contribution is -0.145. The van der Waals surface area contributed by atoms with Crippen molar-refractivity contribution in [3.8, 4) is 0 Å². The Balaban J connectivity index is 3.26. The van der Waals surface area contributed by atoms with E-state index in [1.54, 1.807) is 11.8 Å². The summed E-state index contributed by atoms with van der Waals surface area (Å²) < 4.78 is 15.3. The van der Waals surface area contributed by atoms with Crippen LogP contribution in [0.25, 0.3) is 0 Å². The molecule has 178 valence electrons. The Kier molecular flexibility index (Phi) is 23.8. The summed E-state index contributed by atoms with van der Waals surface area (Å²) in [4.78, 5) is 23.2. The molecule has 0 fully saturated rings. The number of carbonyl (C=O) groups is 2. The molecule has 0 aromatic rings. The minimum Gasteiger partial charge on any atom is -0.466 e. The zero-order chi connectivity index (χ0) is 22.1. The molecular formula is C23H44O6S. The quantitative estimate of drug-likeness (QED) is 0.176. The van der Waals surface area contributed by atoms with Crippen LogP contribution in [0, 0.1) is 0 Å². The zero-order valence-corrected chi connectivity index (χ0v) is 19.9. The lowest BCUT2D eigenvalue weighted by Crippen LogP contribution is -2.12. The number of carbonyl (C=O) groups excluding carboxylic acids is 2. The molecule has 0 aromatic carbocycles. The van der Waals surface area contributed by atoms with Crippen molar-refractivity contribution < 1.29 is 28.9 Å². The molecule has 1 N–H and O–H groups in total. The van der Waals surface area contributed by atoms with Crippen molar-refractivity contribution in [1.82, 2.24) is 0 Å². The summed E-state index contributed by atoms with van der Waals surface area (Å²) in [5.41, 5.74) is 0. The van der Waals surface area contributed by atoms with Crippen LogP contribution in [0.15, 0.2) is 0 Å². The van der Waals surface area contributed by atoms with Gasteiger partial charge in [-0.25, -0.2) is 0 Å². The first-order chi connectivity index (χ1) is 14.7. The summed E-state index contributed by atoms with van der Waals surface area (Å²) in [7, 11) is 0. The summed E-state index contributed by atoms with van der Waals surface area (Å²) in [6.45, 7) is 3.49. The monoisotopic (exact) mass is 448 g/mol. The minimum absolute atomic E-state index is 0.0354. The third kappa shape index (κ3) is 23.5. The van der Waals surface area contributed by atoms with Gasteiger partial charge in [-0.05, 0) is 6.42 Å². The van der Waals surface area contributed by atoms with E-state index in [4.69, 9.17) is 19.3 Å². The number of thioether (sulfide) groups is 1. The molecule has 6 nitrogen and oxygen atoms in total. The molecule has 0 aliphatic rings. The van der Waals surface area contributed by atoms with Crippen molar-refractivity contribution in [2.75, 3.05) is 44.5 Å². The van der Waals surface area contributed by atoms with Crippen LogP contribution in [-0.4, -0.2) is 61.6 Å². The Labute approximate surface area is 187 Å². The van der Waals surface area contributed by atoms with E-state index in [1.165, 1.54) is 57.8 Å². The van der Waals surface area contributed by atoms with Crippen LogP contribution in [-0.2, 0) is 23.8 Å². The van der Waals surface area contributed by atoms with Crippen LogP contribution in [0.4, 0.5) is 0 Å². The third-order valence-electron chi connectivity index (χ3n) is 4.64. The molecule has 0 atom stereocenters. The summed E-state index contributed by atoms with van der Waals surface area (Å²) in [5, 5.41) is 8.55. The first kappa shape index (κ1) is 29.2. The third-order valence-corrected chi connectivity index (χ3v) is 5.62. The van der Waals surface area contributed by atoms with Gasteiger partial charge in [0.1, 0.15) is 6.61 Å². The van der Waals surface area contributed by atoms with E-state index < -0.39 is 0 Å². The van der Waals surface area contributed by atoms with E-state index in [0.717, 1.165) is 12.8 Å². The fraction of sp³-hybridized carbons (Fsp3) is 0.913. The minimum atomic E-state index is -0.269. The molecule has 0 aliphatic carbocycles. The van der Waals surface area contributed by atoms with Gasteiger partial charge in [-0.1, -0.05) is 71.1 Å². The molecule has 0 aliphatic heterocycles. The topological polar surface area (TPSA) is 82.1 Å². The van der Waals surface area contributed by atoms with Crippen molar-refractivity contribution in [1.29, 1.82) is 0 Å². The van der Waals surface area contributed by atoms with Crippen molar-refractivity contribution in [3.63, 3.8) is 0 Å². The van der Waals surface area contributed by atoms with E-state index in [1.807, 2.05) is 0 Å². The summed E-state index contributed by atoms with van der Waals surface area (Å²) in [5.74, 6) is 0.860. The summed E-state index contributed by atoms with van der Waals surface area (Å²) in [6, 6.07) is 0. The van der Waals surface area contributed by atoms with Gasteiger partial charge < -0.3 is 19.3 Å². The molecule has 0 bridgehead atoms. The number of unbranched alkanes of at least 4 members (excludes halogenated alkanes) is 10. The second-order valence-electron chi connectivity index (χ2n) is 7.42. The van der Waals surface area contributed by atoms with E-state index >= 15 is 0 Å². The highest BCUT2D eigenvalue weighted by atomic mass is 32.2. The van der Waals surface area contributed by atoms with Crippen molar-refractivity contribution in [2.24, 2.45) is 0 Å². The van der Waals surface area contributed by atoms with E-state index in [0.29, 0.717) is 37.6 Å². The van der Waals surface area contributed by atoms with Gasteiger partial charge in [0.2, 0.25) is 0 Å². The molecule has 0 heterocycles. The first-order valence-electron chi connectivity index (χ1n) is 11.8. The zero-order valence-electron chi connectivity index (χ0n) is 19.0. The van der Waals surface area contributed by atoms with Gasteiger partial charge in [0, 0.05) is 11.5 Å². The molecule has 0 unspecified atom stereocenters. The molecule has 0 radical (unpaired) electrons. The second kappa shape index (κ2) is 24.5. The lowest BCUT2D eigenvalue weighted by Gasteiger charge is -2.06. The maximum Gasteiger partial charge on any atom is 0.306 e. The number of esters is 2. The van der Waals surface area contributed by atoms with Gasteiger partial charge in [-0.2, -0.15) is 11.8 Å². The summed E-state index contributed by atoms with van der Waals surface area (Å²) >= 11 is 1.55. The normalized spacial score (nSPS) is 10.9. The van der Waals surface area contributed by atoms with Gasteiger partial charge in [0.05, 0.1) is 39.3 Å². The highest BCUT2D eigenvalue weighted by molar-refractivity contribution is 7.99. The number of aliphatic hydroxyl groups is 1. The maximum absolute atomic E-state index is 11.7. The van der Waals surface area contributed by atoms with Crippen LogP contribution >= 0.6 is 11.8 Å². The Morgan fingerprint density at radius 2 is 1.17 bits per heavy atom. The van der Waals surface area contributed by atoms with Gasteiger partial charge >= 0.3 is 11.9 Å². The molecule has 0 spiro atoms. The van der Waals surface area contributed by atoms with Gasteiger partial charge in [-0.15, -0.1) is 0 Å². The second-order valence-corrected chi connectivity index (χ2v) is 8.65. The van der Waals surface area contributed by atoms with Crippen molar-refractivity contribution in [2.45, 2.75) is 90.4 Å². The maximum atomic E-state index is 11.7. The molecule has 0 rings (SSSR count). The number of hydrogen-bond acceptors (Lipinski definition) is 7. The van der Waals surface area contributed by atoms with Crippen LogP contribution in [0.2, 0.25) is 0 Å². The van der Waals surface area contributed by atoms with E-state index in [-0.39, 0.29) is 31.8 Å². The summed E-state index contributed by atoms with van der Waals surface area (Å²) in [6.07, 6.45) is 14.8. The fourth-order valence-electron chi connectivity index (χ4n) is 2.89. The van der Waals surface area contributed by atoms with Crippen LogP contribution in [0.5, 0.6) is 0 Å². The van der Waals surface area contributed by atoms with Crippen molar-refractivity contribution in [3.05, 3.63) is 0 Å². The predicted molar refractivity (Wildman–Crippen MR) is 123 cm³/mol. The smallest absolute Gasteiger partial charge is 0.306 e. The van der Waals surface area contributed by atoms with Crippen LogP contribution in [0.1, 0.15) is 90.4 Å². The van der Waals surface area contributed by atoms with Gasteiger partial charge in [0.15, 0.2) is 0 Å². The van der Waals surface area contributed by atoms with Crippen molar-refractivity contribution >= 4 is 23.7 Å². The SMILES string of the molecule is CCCCCCCCCCCCCOC(=O)CCSCCC(=O)OCCOCCO. The largest absolute Gasteiger partial charge is 0.466 e. The van der Waals surface area contributed by atoms with Gasteiger partial charge in [-0.3, -0.25) is 9.59 Å². The van der Waals surface area contributed by atoms with Gasteiger partial charge in [0.25, 0.3) is 0 Å². The first-order valence-corrected chi connectivity index (χ1v) is 12.9. The Morgan fingerprint density at radius 3 is 1.70 bits per heavy atom. The molecule has 0 aromatic heterocycles. The lowest BCUT2D eigenvalue weighted by atomic mass is 10.1. The molecular weight excluding hydrogens is 404 g/mol. The van der Waals surface area contributed by atoms with Crippen LogP contribution < -0.4 is 0 Å². The average Bonchev–Trinajstić information content (AvgIpc) is 2.74. The Bertz CT molecular complexity index is 392. The predicted octanol–water partition coefficient (Wildman–Crippen LogP) is 4.91. The molecule has 0 saturated carbocycles. The molecule has 0 saturated heterocycles. The molecule has 30 heavy (non-hydrogen) atoms. The Hall–Kier alpha value is -0.790. The highest BCUT2D eigenvalue weighted by Gasteiger charge is 2.05.